The molecule has 2 amide bonds. The third-order valence-electron chi connectivity index (χ3n) is 3.78. The molecule has 110 valence electrons. The molecule has 1 fully saturated rings. The number of carbonyl (C=O) groups excluding carboxylic acids is 1. The van der Waals surface area contributed by atoms with Crippen molar-refractivity contribution in [3.63, 3.8) is 0 Å². The highest BCUT2D eigenvalue weighted by molar-refractivity contribution is 5.89. The molecule has 2 rings (SSSR count). The molecule has 0 heterocycles. The van der Waals surface area contributed by atoms with Crippen molar-refractivity contribution in [2.75, 3.05) is 18.5 Å². The Kier molecular flexibility index (Phi) is 5.87. The van der Waals surface area contributed by atoms with Crippen molar-refractivity contribution in [1.29, 1.82) is 0 Å². The Bertz CT molecular complexity index is 408. The molecule has 2 unspecified atom stereocenters. The van der Waals surface area contributed by atoms with Gasteiger partial charge in [-0.3, -0.25) is 0 Å². The molecule has 0 bridgehead atoms. The van der Waals surface area contributed by atoms with E-state index in [2.05, 4.69) is 17.6 Å². The van der Waals surface area contributed by atoms with Gasteiger partial charge in [0.1, 0.15) is 0 Å². The van der Waals surface area contributed by atoms with Crippen molar-refractivity contribution in [2.45, 2.75) is 38.7 Å². The first-order chi connectivity index (χ1) is 9.75. The molecule has 1 aliphatic carbocycles. The Hall–Kier alpha value is -1.55. The summed E-state index contributed by atoms with van der Waals surface area (Å²) >= 11 is 0. The number of anilines is 1. The number of amides is 2. The van der Waals surface area contributed by atoms with Crippen LogP contribution in [-0.2, 0) is 4.74 Å². The summed E-state index contributed by atoms with van der Waals surface area (Å²) in [6, 6.07) is 9.24. The maximum atomic E-state index is 11.7. The first kappa shape index (κ1) is 14.9. The molecule has 20 heavy (non-hydrogen) atoms. The summed E-state index contributed by atoms with van der Waals surface area (Å²) in [6.07, 6.45) is 5.35. The Morgan fingerprint density at radius 1 is 1.25 bits per heavy atom. The minimum absolute atomic E-state index is 0.184. The Balaban J connectivity index is 1.60. The van der Waals surface area contributed by atoms with Crippen LogP contribution in [0.25, 0.3) is 0 Å². The molecule has 1 aromatic rings. The highest BCUT2D eigenvalue weighted by atomic mass is 16.5. The van der Waals surface area contributed by atoms with Crippen molar-refractivity contribution in [3.8, 4) is 0 Å². The highest BCUT2D eigenvalue weighted by Crippen LogP contribution is 2.25. The van der Waals surface area contributed by atoms with Gasteiger partial charge in [0.2, 0.25) is 0 Å². The van der Waals surface area contributed by atoms with Gasteiger partial charge >= 0.3 is 6.03 Å². The number of hydrogen-bond donors (Lipinski definition) is 2. The molecule has 0 spiro atoms. The predicted molar refractivity (Wildman–Crippen MR) is 80.8 cm³/mol. The van der Waals surface area contributed by atoms with Crippen LogP contribution in [0.5, 0.6) is 0 Å². The molecule has 0 radical (unpaired) electrons. The van der Waals surface area contributed by atoms with E-state index in [1.54, 1.807) is 0 Å². The van der Waals surface area contributed by atoms with Crippen LogP contribution >= 0.6 is 0 Å². The van der Waals surface area contributed by atoms with E-state index in [4.69, 9.17) is 4.74 Å². The van der Waals surface area contributed by atoms with Gasteiger partial charge in [0.15, 0.2) is 0 Å². The second kappa shape index (κ2) is 7.90. The summed E-state index contributed by atoms with van der Waals surface area (Å²) in [4.78, 5) is 11.7. The van der Waals surface area contributed by atoms with Crippen LogP contribution in [0, 0.1) is 5.92 Å². The van der Waals surface area contributed by atoms with Gasteiger partial charge in [0.05, 0.1) is 12.7 Å². The SMILES string of the molecule is CC1CCCCC1OCCNC(=O)Nc1ccccc1. The number of rotatable bonds is 5. The highest BCUT2D eigenvalue weighted by Gasteiger charge is 2.21. The van der Waals surface area contributed by atoms with Crippen LogP contribution in [0.3, 0.4) is 0 Å². The summed E-state index contributed by atoms with van der Waals surface area (Å²) in [5.41, 5.74) is 0.798. The minimum atomic E-state index is -0.184. The van der Waals surface area contributed by atoms with Crippen LogP contribution in [0.1, 0.15) is 32.6 Å². The van der Waals surface area contributed by atoms with Gasteiger partial charge in [0.25, 0.3) is 0 Å². The van der Waals surface area contributed by atoms with E-state index >= 15 is 0 Å². The van der Waals surface area contributed by atoms with Crippen molar-refractivity contribution < 1.29 is 9.53 Å². The van der Waals surface area contributed by atoms with Gasteiger partial charge in [0, 0.05) is 12.2 Å². The second-order valence-corrected chi connectivity index (χ2v) is 5.42. The molecule has 0 saturated heterocycles. The third-order valence-corrected chi connectivity index (χ3v) is 3.78. The summed E-state index contributed by atoms with van der Waals surface area (Å²) in [5, 5.41) is 5.59. The molecule has 0 aromatic heterocycles. The number of urea groups is 1. The van der Waals surface area contributed by atoms with Crippen molar-refractivity contribution >= 4 is 11.7 Å². The van der Waals surface area contributed by atoms with Crippen LogP contribution in [0.4, 0.5) is 10.5 Å². The fourth-order valence-electron chi connectivity index (χ4n) is 2.60. The molecule has 0 aliphatic heterocycles. The maximum absolute atomic E-state index is 11.7. The monoisotopic (exact) mass is 276 g/mol. The Labute approximate surface area is 120 Å². The van der Waals surface area contributed by atoms with Crippen molar-refractivity contribution in [1.82, 2.24) is 5.32 Å². The van der Waals surface area contributed by atoms with Gasteiger partial charge in [-0.15, -0.1) is 0 Å². The van der Waals surface area contributed by atoms with Crippen LogP contribution in [0.2, 0.25) is 0 Å². The number of carbonyl (C=O) groups is 1. The van der Waals surface area contributed by atoms with Gasteiger partial charge in [-0.1, -0.05) is 38.0 Å². The van der Waals surface area contributed by atoms with Crippen molar-refractivity contribution in [2.24, 2.45) is 5.92 Å². The first-order valence-corrected chi connectivity index (χ1v) is 7.47. The standard InChI is InChI=1S/C16H24N2O2/c1-13-7-5-6-10-15(13)20-12-11-17-16(19)18-14-8-3-2-4-9-14/h2-4,8-9,13,15H,5-7,10-12H2,1H3,(H2,17,18,19). The van der Waals surface area contributed by atoms with Crippen molar-refractivity contribution in [3.05, 3.63) is 30.3 Å². The molecule has 2 N–H and O–H groups in total. The smallest absolute Gasteiger partial charge is 0.319 e. The lowest BCUT2D eigenvalue weighted by atomic mass is 9.88. The summed E-state index contributed by atoms with van der Waals surface area (Å²) in [6.45, 7) is 3.37. The lowest BCUT2D eigenvalue weighted by Crippen LogP contribution is -2.34. The minimum Gasteiger partial charge on any atom is -0.376 e. The molecule has 4 nitrogen and oxygen atoms in total. The molecule has 1 aliphatic rings. The van der Waals surface area contributed by atoms with E-state index in [9.17, 15) is 4.79 Å². The summed E-state index contributed by atoms with van der Waals surface area (Å²) in [7, 11) is 0. The van der Waals surface area contributed by atoms with Crippen LogP contribution in [0.15, 0.2) is 30.3 Å². The quantitative estimate of drug-likeness (QED) is 0.810. The fraction of sp³-hybridized carbons (Fsp3) is 0.562. The van der Waals surface area contributed by atoms with E-state index in [0.717, 1.165) is 12.1 Å². The van der Waals surface area contributed by atoms with E-state index in [1.165, 1.54) is 19.3 Å². The fourth-order valence-corrected chi connectivity index (χ4v) is 2.60. The molecular formula is C16H24N2O2. The average molecular weight is 276 g/mol. The zero-order valence-electron chi connectivity index (χ0n) is 12.1. The maximum Gasteiger partial charge on any atom is 0.319 e. The lowest BCUT2D eigenvalue weighted by molar-refractivity contribution is -0.00232. The average Bonchev–Trinajstić information content (AvgIpc) is 2.46. The Morgan fingerprint density at radius 2 is 2.00 bits per heavy atom. The zero-order chi connectivity index (χ0) is 14.2. The molecule has 1 saturated carbocycles. The van der Waals surface area contributed by atoms with Crippen LogP contribution < -0.4 is 10.6 Å². The summed E-state index contributed by atoms with van der Waals surface area (Å²) < 4.78 is 5.85. The molecule has 1 aromatic carbocycles. The topological polar surface area (TPSA) is 50.4 Å². The number of nitrogens with one attached hydrogen (secondary N) is 2. The zero-order valence-corrected chi connectivity index (χ0v) is 12.1. The predicted octanol–water partition coefficient (Wildman–Crippen LogP) is 3.40. The molecule has 2 atom stereocenters. The van der Waals surface area contributed by atoms with Gasteiger partial charge in [-0.05, 0) is 30.9 Å². The summed E-state index contributed by atoms with van der Waals surface area (Å²) in [5.74, 6) is 0.641. The van der Waals surface area contributed by atoms with E-state index < -0.39 is 0 Å². The normalized spacial score (nSPS) is 22.2. The number of benzene rings is 1. The third kappa shape index (κ3) is 4.85. The first-order valence-electron chi connectivity index (χ1n) is 7.47. The van der Waals surface area contributed by atoms with E-state index in [1.807, 2.05) is 30.3 Å². The molecular weight excluding hydrogens is 252 g/mol. The van der Waals surface area contributed by atoms with E-state index in [-0.39, 0.29) is 6.03 Å². The lowest BCUT2D eigenvalue weighted by Gasteiger charge is -2.28. The number of hydrogen-bond acceptors (Lipinski definition) is 2. The van der Waals surface area contributed by atoms with E-state index in [0.29, 0.717) is 25.2 Å². The second-order valence-electron chi connectivity index (χ2n) is 5.42. The van der Waals surface area contributed by atoms with Gasteiger partial charge in [-0.25, -0.2) is 4.79 Å². The number of ether oxygens (including phenoxy) is 1. The molecule has 4 heteroatoms. The van der Waals surface area contributed by atoms with Gasteiger partial charge < -0.3 is 15.4 Å². The number of para-hydroxylation sites is 1. The largest absolute Gasteiger partial charge is 0.376 e. The Morgan fingerprint density at radius 3 is 2.75 bits per heavy atom. The van der Waals surface area contributed by atoms with Gasteiger partial charge in [-0.2, -0.15) is 0 Å². The van der Waals surface area contributed by atoms with Crippen LogP contribution in [-0.4, -0.2) is 25.3 Å².